The van der Waals surface area contributed by atoms with Gasteiger partial charge in [-0.2, -0.15) is 0 Å². The van der Waals surface area contributed by atoms with Gasteiger partial charge in [-0.15, -0.1) is 11.8 Å². The minimum atomic E-state index is -0.377. The fourth-order valence-corrected chi connectivity index (χ4v) is 2.27. The Hall–Kier alpha value is -1.29. The SMILES string of the molecule is NC(=O)C1=CC2SC=CC=NC2C=C1. The molecule has 0 fully saturated rings. The zero-order valence-corrected chi connectivity index (χ0v) is 8.28. The van der Waals surface area contributed by atoms with Crippen LogP contribution in [0.3, 0.4) is 0 Å². The highest BCUT2D eigenvalue weighted by atomic mass is 32.2. The number of primary amides is 1. The van der Waals surface area contributed by atoms with Gasteiger partial charge in [-0.1, -0.05) is 18.2 Å². The maximum absolute atomic E-state index is 11.0. The summed E-state index contributed by atoms with van der Waals surface area (Å²) in [6, 6.07) is 0.123. The van der Waals surface area contributed by atoms with Crippen molar-refractivity contribution in [3.63, 3.8) is 0 Å². The zero-order chi connectivity index (χ0) is 9.97. The number of amides is 1. The molecule has 0 aromatic rings. The molecular formula is C10H10N2OS. The molecule has 2 unspecified atom stereocenters. The molecule has 1 amide bonds. The molecule has 2 N–H and O–H groups in total. The van der Waals surface area contributed by atoms with Crippen LogP contribution < -0.4 is 5.73 Å². The topological polar surface area (TPSA) is 55.5 Å². The van der Waals surface area contributed by atoms with Crippen molar-refractivity contribution in [2.75, 3.05) is 0 Å². The third kappa shape index (κ3) is 1.80. The van der Waals surface area contributed by atoms with Crippen molar-refractivity contribution in [3.05, 3.63) is 35.3 Å². The highest BCUT2D eigenvalue weighted by Crippen LogP contribution is 2.27. The quantitative estimate of drug-likeness (QED) is 0.696. The maximum Gasteiger partial charge on any atom is 0.248 e. The second kappa shape index (κ2) is 3.84. The van der Waals surface area contributed by atoms with E-state index in [1.54, 1.807) is 24.1 Å². The van der Waals surface area contributed by atoms with Crippen LogP contribution in [0.4, 0.5) is 0 Å². The van der Waals surface area contributed by atoms with Gasteiger partial charge in [0.25, 0.3) is 0 Å². The van der Waals surface area contributed by atoms with Crippen molar-refractivity contribution in [1.29, 1.82) is 0 Å². The Morgan fingerprint density at radius 3 is 3.21 bits per heavy atom. The number of rotatable bonds is 1. The van der Waals surface area contributed by atoms with E-state index in [4.69, 9.17) is 5.73 Å². The first-order valence-corrected chi connectivity index (χ1v) is 5.25. The van der Waals surface area contributed by atoms with Gasteiger partial charge < -0.3 is 5.73 Å². The van der Waals surface area contributed by atoms with Crippen LogP contribution in [0.2, 0.25) is 0 Å². The first-order valence-electron chi connectivity index (χ1n) is 4.31. The van der Waals surface area contributed by atoms with Gasteiger partial charge in [-0.3, -0.25) is 9.79 Å². The third-order valence-electron chi connectivity index (χ3n) is 2.10. The number of fused-ring (bicyclic) bond motifs is 1. The molecule has 0 radical (unpaired) electrons. The monoisotopic (exact) mass is 206 g/mol. The van der Waals surface area contributed by atoms with E-state index in [0.29, 0.717) is 5.57 Å². The Bertz CT molecular complexity index is 368. The summed E-state index contributed by atoms with van der Waals surface area (Å²) in [5.74, 6) is -0.377. The Balaban J connectivity index is 2.25. The van der Waals surface area contributed by atoms with Crippen molar-refractivity contribution in [2.45, 2.75) is 11.3 Å². The average molecular weight is 206 g/mol. The number of aliphatic imine (C=N–C) groups is 1. The van der Waals surface area contributed by atoms with E-state index in [1.807, 2.05) is 23.6 Å². The van der Waals surface area contributed by atoms with Gasteiger partial charge >= 0.3 is 0 Å². The Kier molecular flexibility index (Phi) is 2.54. The molecule has 0 aromatic carbocycles. The van der Waals surface area contributed by atoms with Gasteiger partial charge in [0.15, 0.2) is 0 Å². The largest absolute Gasteiger partial charge is 0.366 e. The van der Waals surface area contributed by atoms with Crippen LogP contribution in [0.5, 0.6) is 0 Å². The van der Waals surface area contributed by atoms with Crippen LogP contribution in [0, 0.1) is 0 Å². The molecule has 2 rings (SSSR count). The van der Waals surface area contributed by atoms with E-state index in [9.17, 15) is 4.79 Å². The van der Waals surface area contributed by atoms with Crippen LogP contribution in [0.15, 0.2) is 40.3 Å². The van der Waals surface area contributed by atoms with Crippen LogP contribution in [0.1, 0.15) is 0 Å². The summed E-state index contributed by atoms with van der Waals surface area (Å²) < 4.78 is 0. The summed E-state index contributed by atoms with van der Waals surface area (Å²) in [6.45, 7) is 0. The number of nitrogens with zero attached hydrogens (tertiary/aromatic N) is 1. The predicted molar refractivity (Wildman–Crippen MR) is 59.2 cm³/mol. The van der Waals surface area contributed by atoms with Gasteiger partial charge in [-0.05, 0) is 11.5 Å². The molecule has 0 saturated heterocycles. The molecule has 0 saturated carbocycles. The van der Waals surface area contributed by atoms with Gasteiger partial charge in [0.05, 0.1) is 11.3 Å². The number of hydrogen-bond acceptors (Lipinski definition) is 3. The lowest BCUT2D eigenvalue weighted by Crippen LogP contribution is -2.23. The highest BCUT2D eigenvalue weighted by Gasteiger charge is 2.21. The van der Waals surface area contributed by atoms with Crippen molar-refractivity contribution < 1.29 is 4.79 Å². The molecule has 1 aliphatic heterocycles. The zero-order valence-electron chi connectivity index (χ0n) is 7.46. The molecule has 0 bridgehead atoms. The smallest absolute Gasteiger partial charge is 0.248 e. The lowest BCUT2D eigenvalue weighted by atomic mass is 10.0. The van der Waals surface area contributed by atoms with E-state index < -0.39 is 0 Å². The molecule has 3 nitrogen and oxygen atoms in total. The fraction of sp³-hybridized carbons (Fsp3) is 0.200. The fourth-order valence-electron chi connectivity index (χ4n) is 1.38. The minimum Gasteiger partial charge on any atom is -0.366 e. The standard InChI is InChI=1S/C10H10N2OS/c11-10(13)7-2-3-8-9(6-7)14-5-1-4-12-8/h1-6,8-9H,(H2,11,13). The number of thioether (sulfide) groups is 1. The molecule has 2 aliphatic rings. The Morgan fingerprint density at radius 2 is 2.43 bits per heavy atom. The van der Waals surface area contributed by atoms with Crippen molar-refractivity contribution in [2.24, 2.45) is 10.7 Å². The summed E-state index contributed by atoms with van der Waals surface area (Å²) in [4.78, 5) is 15.3. The summed E-state index contributed by atoms with van der Waals surface area (Å²) in [6.07, 6.45) is 9.22. The van der Waals surface area contributed by atoms with Crippen molar-refractivity contribution >= 4 is 23.9 Å². The van der Waals surface area contributed by atoms with Gasteiger partial charge in [0, 0.05) is 11.8 Å². The molecule has 14 heavy (non-hydrogen) atoms. The summed E-state index contributed by atoms with van der Waals surface area (Å²) in [5.41, 5.74) is 5.78. The van der Waals surface area contributed by atoms with E-state index in [2.05, 4.69) is 4.99 Å². The number of carbonyl (C=O) groups excluding carboxylic acids is 1. The van der Waals surface area contributed by atoms with Crippen molar-refractivity contribution in [1.82, 2.24) is 0 Å². The average Bonchev–Trinajstić information content (AvgIpc) is 2.41. The second-order valence-corrected chi connectivity index (χ2v) is 4.15. The molecular weight excluding hydrogens is 196 g/mol. The summed E-state index contributed by atoms with van der Waals surface area (Å²) in [5, 5.41) is 2.17. The van der Waals surface area contributed by atoms with Crippen LogP contribution in [-0.2, 0) is 4.79 Å². The normalized spacial score (nSPS) is 29.3. The molecule has 0 aromatic heterocycles. The predicted octanol–water partition coefficient (Wildman–Crippen LogP) is 1.04. The van der Waals surface area contributed by atoms with E-state index in [-0.39, 0.29) is 17.2 Å². The van der Waals surface area contributed by atoms with Gasteiger partial charge in [0.1, 0.15) is 0 Å². The second-order valence-electron chi connectivity index (χ2n) is 3.06. The Labute approximate surface area is 86.5 Å². The van der Waals surface area contributed by atoms with Crippen LogP contribution in [0.25, 0.3) is 0 Å². The Morgan fingerprint density at radius 1 is 1.57 bits per heavy atom. The van der Waals surface area contributed by atoms with Crippen molar-refractivity contribution in [3.8, 4) is 0 Å². The summed E-state index contributed by atoms with van der Waals surface area (Å²) in [7, 11) is 0. The summed E-state index contributed by atoms with van der Waals surface area (Å²) >= 11 is 1.65. The molecule has 2 atom stereocenters. The number of nitrogens with two attached hydrogens (primary N) is 1. The molecule has 72 valence electrons. The molecule has 1 aliphatic carbocycles. The number of hydrogen-bond donors (Lipinski definition) is 1. The molecule has 1 heterocycles. The number of allylic oxidation sites excluding steroid dienone is 1. The first kappa shape index (κ1) is 9.27. The van der Waals surface area contributed by atoms with Gasteiger partial charge in [-0.25, -0.2) is 0 Å². The van der Waals surface area contributed by atoms with E-state index >= 15 is 0 Å². The third-order valence-corrected chi connectivity index (χ3v) is 3.14. The highest BCUT2D eigenvalue weighted by molar-refractivity contribution is 8.03. The first-order chi connectivity index (χ1) is 6.77. The van der Waals surface area contributed by atoms with Gasteiger partial charge in [0.2, 0.25) is 5.91 Å². The van der Waals surface area contributed by atoms with E-state index in [0.717, 1.165) is 0 Å². The lowest BCUT2D eigenvalue weighted by Gasteiger charge is -2.19. The number of carbonyl (C=O) groups is 1. The lowest BCUT2D eigenvalue weighted by molar-refractivity contribution is -0.114. The van der Waals surface area contributed by atoms with Crippen LogP contribution in [-0.4, -0.2) is 23.4 Å². The maximum atomic E-state index is 11.0. The molecule has 4 heteroatoms. The minimum absolute atomic E-state index is 0.123. The molecule has 0 spiro atoms. The van der Waals surface area contributed by atoms with Crippen LogP contribution >= 0.6 is 11.8 Å². The van der Waals surface area contributed by atoms with E-state index in [1.165, 1.54) is 0 Å².